The summed E-state index contributed by atoms with van der Waals surface area (Å²) < 4.78 is 10.7. The third-order valence-corrected chi connectivity index (χ3v) is 5.27. The summed E-state index contributed by atoms with van der Waals surface area (Å²) in [5.41, 5.74) is 2.76. The molecule has 140 valence electrons. The highest BCUT2D eigenvalue weighted by molar-refractivity contribution is 5.42. The van der Waals surface area contributed by atoms with E-state index in [-0.39, 0.29) is 0 Å². The fraction of sp³-hybridized carbons (Fsp3) is 0.619. The second-order valence-electron chi connectivity index (χ2n) is 7.09. The van der Waals surface area contributed by atoms with E-state index in [4.69, 9.17) is 9.47 Å². The molecule has 0 N–H and O–H groups in total. The maximum atomic E-state index is 5.41. The lowest BCUT2D eigenvalue weighted by Gasteiger charge is -2.38. The maximum Gasteiger partial charge on any atom is 0.160 e. The first kappa shape index (κ1) is 19.8. The van der Waals surface area contributed by atoms with Crippen molar-refractivity contribution in [3.05, 3.63) is 35.4 Å². The number of allylic oxidation sites excluding steroid dienone is 1. The molecular weight excluding hydrogens is 312 g/mol. The average molecular weight is 347 g/mol. The summed E-state index contributed by atoms with van der Waals surface area (Å²) >= 11 is 0. The van der Waals surface area contributed by atoms with Crippen LogP contribution in [0.5, 0.6) is 11.5 Å². The standard InChI is InChI=1S/C21H34N2O2/c1-6-17(2)15-23-12-7-8-19(16-23)22(3)13-11-18-9-10-20(24-4)21(14-18)25-5/h6,9-10,14,19H,7-8,11-13,15-16H2,1-5H3/b17-6+/t19-/m1/s1. The average Bonchev–Trinajstić information content (AvgIpc) is 2.65. The van der Waals surface area contributed by atoms with Crippen LogP contribution < -0.4 is 9.47 Å². The van der Waals surface area contributed by atoms with Crippen molar-refractivity contribution >= 4 is 0 Å². The van der Waals surface area contributed by atoms with Crippen molar-refractivity contribution in [1.29, 1.82) is 0 Å². The van der Waals surface area contributed by atoms with Crippen LogP contribution in [0.1, 0.15) is 32.3 Å². The van der Waals surface area contributed by atoms with E-state index in [2.05, 4.69) is 48.9 Å². The molecule has 0 unspecified atom stereocenters. The molecule has 0 saturated carbocycles. The minimum atomic E-state index is 0.651. The van der Waals surface area contributed by atoms with Crippen LogP contribution in [-0.2, 0) is 6.42 Å². The molecule has 1 aromatic rings. The molecule has 25 heavy (non-hydrogen) atoms. The van der Waals surface area contributed by atoms with Crippen LogP contribution >= 0.6 is 0 Å². The maximum absolute atomic E-state index is 5.41. The molecule has 4 nitrogen and oxygen atoms in total. The largest absolute Gasteiger partial charge is 0.493 e. The molecule has 0 spiro atoms. The zero-order valence-electron chi connectivity index (χ0n) is 16.5. The van der Waals surface area contributed by atoms with Gasteiger partial charge in [0.05, 0.1) is 14.2 Å². The molecule has 0 radical (unpaired) electrons. The smallest absolute Gasteiger partial charge is 0.160 e. The number of benzene rings is 1. The number of rotatable bonds is 8. The molecule has 1 saturated heterocycles. The summed E-state index contributed by atoms with van der Waals surface area (Å²) in [6, 6.07) is 6.88. The van der Waals surface area contributed by atoms with Crippen molar-refractivity contribution in [3.63, 3.8) is 0 Å². The van der Waals surface area contributed by atoms with Crippen LogP contribution in [0.4, 0.5) is 0 Å². The minimum absolute atomic E-state index is 0.651. The van der Waals surface area contributed by atoms with Crippen LogP contribution in [0, 0.1) is 0 Å². The highest BCUT2D eigenvalue weighted by Crippen LogP contribution is 2.28. The van der Waals surface area contributed by atoms with E-state index in [1.807, 2.05) is 6.07 Å². The van der Waals surface area contributed by atoms with Crippen LogP contribution in [0.25, 0.3) is 0 Å². The Balaban J connectivity index is 1.88. The lowest BCUT2D eigenvalue weighted by atomic mass is 10.0. The van der Waals surface area contributed by atoms with Gasteiger partial charge < -0.3 is 14.4 Å². The van der Waals surface area contributed by atoms with Gasteiger partial charge in [-0.05, 0) is 64.4 Å². The normalized spacial score (nSPS) is 19.3. The topological polar surface area (TPSA) is 24.9 Å². The second kappa shape index (κ2) is 9.83. The number of likely N-dealkylation sites (tertiary alicyclic amines) is 1. The Labute approximate surface area is 153 Å². The van der Waals surface area contributed by atoms with Crippen LogP contribution in [0.15, 0.2) is 29.8 Å². The molecule has 0 bridgehead atoms. The molecule has 0 aromatic heterocycles. The van der Waals surface area contributed by atoms with Gasteiger partial charge in [-0.2, -0.15) is 0 Å². The summed E-state index contributed by atoms with van der Waals surface area (Å²) in [5, 5.41) is 0. The number of ether oxygens (including phenoxy) is 2. The molecule has 1 aliphatic heterocycles. The van der Waals surface area contributed by atoms with Gasteiger partial charge in [-0.3, -0.25) is 4.90 Å². The Bertz CT molecular complexity index is 571. The summed E-state index contributed by atoms with van der Waals surface area (Å²) in [6.07, 6.45) is 5.85. The van der Waals surface area contributed by atoms with E-state index in [0.29, 0.717) is 6.04 Å². The van der Waals surface area contributed by atoms with Crippen molar-refractivity contribution < 1.29 is 9.47 Å². The van der Waals surface area contributed by atoms with E-state index >= 15 is 0 Å². The van der Waals surface area contributed by atoms with E-state index in [0.717, 1.165) is 31.0 Å². The molecule has 4 heteroatoms. The van der Waals surface area contributed by atoms with E-state index < -0.39 is 0 Å². The molecule has 1 fully saturated rings. The van der Waals surface area contributed by atoms with Gasteiger partial charge in [0.15, 0.2) is 11.5 Å². The molecule has 1 aromatic carbocycles. The molecule has 1 atom stereocenters. The van der Waals surface area contributed by atoms with Crippen LogP contribution in [0.2, 0.25) is 0 Å². The van der Waals surface area contributed by atoms with Crippen molar-refractivity contribution in [2.75, 3.05) is 47.4 Å². The molecule has 0 aliphatic carbocycles. The summed E-state index contributed by atoms with van der Waals surface area (Å²) in [4.78, 5) is 5.12. The van der Waals surface area contributed by atoms with Crippen LogP contribution in [0.3, 0.4) is 0 Å². The fourth-order valence-electron chi connectivity index (χ4n) is 3.50. The number of likely N-dealkylation sites (N-methyl/N-ethyl adjacent to an activating group) is 1. The SMILES string of the molecule is C/C=C(\C)CN1CCC[C@@H](N(C)CCc2ccc(OC)c(OC)c2)C1. The molecule has 1 heterocycles. The zero-order valence-corrected chi connectivity index (χ0v) is 16.5. The number of piperidine rings is 1. The molecule has 1 aliphatic rings. The first-order valence-corrected chi connectivity index (χ1v) is 9.32. The van der Waals surface area contributed by atoms with E-state index in [1.54, 1.807) is 14.2 Å². The van der Waals surface area contributed by atoms with Gasteiger partial charge in [-0.1, -0.05) is 17.7 Å². The second-order valence-corrected chi connectivity index (χ2v) is 7.09. The summed E-state index contributed by atoms with van der Waals surface area (Å²) in [6.45, 7) is 8.93. The Morgan fingerprint density at radius 1 is 1.28 bits per heavy atom. The number of hydrogen-bond acceptors (Lipinski definition) is 4. The molecular formula is C21H34N2O2. The Morgan fingerprint density at radius 2 is 2.04 bits per heavy atom. The van der Waals surface area contributed by atoms with E-state index in [1.165, 1.54) is 37.1 Å². The number of nitrogens with zero attached hydrogens (tertiary/aromatic N) is 2. The highest BCUT2D eigenvalue weighted by atomic mass is 16.5. The predicted octanol–water partition coefficient (Wildman–Crippen LogP) is 3.61. The first-order chi connectivity index (χ1) is 12.1. The van der Waals surface area contributed by atoms with Gasteiger partial charge >= 0.3 is 0 Å². The molecule has 2 rings (SSSR count). The van der Waals surface area contributed by atoms with Gasteiger partial charge in [0.1, 0.15) is 0 Å². The van der Waals surface area contributed by atoms with Gasteiger partial charge in [-0.25, -0.2) is 0 Å². The monoisotopic (exact) mass is 346 g/mol. The van der Waals surface area contributed by atoms with Crippen LogP contribution in [-0.4, -0.2) is 63.3 Å². The first-order valence-electron chi connectivity index (χ1n) is 9.32. The zero-order chi connectivity index (χ0) is 18.2. The number of methoxy groups -OCH3 is 2. The van der Waals surface area contributed by atoms with Gasteiger partial charge in [0, 0.05) is 25.7 Å². The summed E-state index contributed by atoms with van der Waals surface area (Å²) in [7, 11) is 5.63. The fourth-order valence-corrected chi connectivity index (χ4v) is 3.50. The number of hydrogen-bond donors (Lipinski definition) is 0. The van der Waals surface area contributed by atoms with Crippen molar-refractivity contribution in [2.24, 2.45) is 0 Å². The lowest BCUT2D eigenvalue weighted by molar-refractivity contribution is 0.124. The van der Waals surface area contributed by atoms with Crippen molar-refractivity contribution in [1.82, 2.24) is 9.80 Å². The third-order valence-electron chi connectivity index (χ3n) is 5.27. The van der Waals surface area contributed by atoms with E-state index in [9.17, 15) is 0 Å². The lowest BCUT2D eigenvalue weighted by Crippen LogP contribution is -2.47. The Hall–Kier alpha value is -1.52. The van der Waals surface area contributed by atoms with Gasteiger partial charge in [0.2, 0.25) is 0 Å². The Kier molecular flexibility index (Phi) is 7.79. The summed E-state index contributed by atoms with van der Waals surface area (Å²) in [5.74, 6) is 1.61. The van der Waals surface area contributed by atoms with Crippen molar-refractivity contribution in [3.8, 4) is 11.5 Å². The predicted molar refractivity (Wildman–Crippen MR) is 105 cm³/mol. The quantitative estimate of drug-likeness (QED) is 0.672. The highest BCUT2D eigenvalue weighted by Gasteiger charge is 2.23. The van der Waals surface area contributed by atoms with Crippen molar-refractivity contribution in [2.45, 2.75) is 39.2 Å². The third kappa shape index (κ3) is 5.75. The molecule has 0 amide bonds. The van der Waals surface area contributed by atoms with Gasteiger partial charge in [0.25, 0.3) is 0 Å². The minimum Gasteiger partial charge on any atom is -0.493 e. The Morgan fingerprint density at radius 3 is 2.72 bits per heavy atom. The van der Waals surface area contributed by atoms with Gasteiger partial charge in [-0.15, -0.1) is 0 Å².